The number of nitrogens with one attached hydrogen (secondary N) is 2. The fourth-order valence-corrected chi connectivity index (χ4v) is 2.91. The van der Waals surface area contributed by atoms with E-state index >= 15 is 0 Å². The fourth-order valence-electron chi connectivity index (χ4n) is 2.91. The smallest absolute Gasteiger partial charge is 0.267 e. The minimum Gasteiger partial charge on any atom is -0.351 e. The van der Waals surface area contributed by atoms with Crippen LogP contribution in [0.3, 0.4) is 0 Å². The molecule has 0 bridgehead atoms. The Hall–Kier alpha value is -2.89. The minimum atomic E-state index is -0.538. The predicted octanol–water partition coefficient (Wildman–Crippen LogP) is 3.03. The molecule has 1 amide bonds. The molecule has 134 valence electrons. The van der Waals surface area contributed by atoms with Crippen molar-refractivity contribution in [2.45, 2.75) is 13.0 Å². The molecule has 26 heavy (non-hydrogen) atoms. The molecular formula is C21H23N3O2. The van der Waals surface area contributed by atoms with Gasteiger partial charge in [-0.25, -0.2) is 5.48 Å². The van der Waals surface area contributed by atoms with Gasteiger partial charge in [-0.05, 0) is 59.3 Å². The third kappa shape index (κ3) is 4.59. The summed E-state index contributed by atoms with van der Waals surface area (Å²) in [7, 11) is 2.06. The van der Waals surface area contributed by atoms with Crippen LogP contribution < -0.4 is 10.8 Å². The maximum absolute atomic E-state index is 11.0. The van der Waals surface area contributed by atoms with E-state index in [0.717, 1.165) is 25.1 Å². The van der Waals surface area contributed by atoms with Gasteiger partial charge in [0.15, 0.2) is 0 Å². The Labute approximate surface area is 152 Å². The first-order valence-corrected chi connectivity index (χ1v) is 8.61. The van der Waals surface area contributed by atoms with Gasteiger partial charge >= 0.3 is 0 Å². The molecule has 1 aromatic heterocycles. The highest BCUT2D eigenvalue weighted by Crippen LogP contribution is 2.16. The maximum Gasteiger partial charge on any atom is 0.267 e. The first-order valence-electron chi connectivity index (χ1n) is 8.61. The van der Waals surface area contributed by atoms with Crippen LogP contribution >= 0.6 is 0 Å². The molecule has 5 heteroatoms. The zero-order valence-electron chi connectivity index (χ0n) is 14.8. The summed E-state index contributed by atoms with van der Waals surface area (Å²) in [4.78, 5) is 11.0. The molecule has 5 nitrogen and oxygen atoms in total. The van der Waals surface area contributed by atoms with Crippen LogP contribution in [0.4, 0.5) is 0 Å². The Bertz CT molecular complexity index is 911. The monoisotopic (exact) mass is 349 g/mol. The van der Waals surface area contributed by atoms with Gasteiger partial charge in [-0.2, -0.15) is 0 Å². The molecule has 3 rings (SSSR count). The number of hydrogen-bond donors (Lipinski definition) is 3. The number of rotatable bonds is 7. The van der Waals surface area contributed by atoms with E-state index in [9.17, 15) is 4.79 Å². The largest absolute Gasteiger partial charge is 0.351 e. The van der Waals surface area contributed by atoms with Crippen molar-refractivity contribution in [2.75, 3.05) is 6.54 Å². The summed E-state index contributed by atoms with van der Waals surface area (Å²) in [5.74, 6) is -0.538. The van der Waals surface area contributed by atoms with Gasteiger partial charge in [0.1, 0.15) is 0 Å². The Morgan fingerprint density at radius 3 is 2.65 bits per heavy atom. The van der Waals surface area contributed by atoms with Crippen molar-refractivity contribution in [3.05, 3.63) is 77.5 Å². The number of benzene rings is 2. The molecule has 0 saturated carbocycles. The van der Waals surface area contributed by atoms with E-state index in [2.05, 4.69) is 47.4 Å². The van der Waals surface area contributed by atoms with Gasteiger partial charge in [0.05, 0.1) is 0 Å². The van der Waals surface area contributed by atoms with Gasteiger partial charge in [-0.1, -0.05) is 30.3 Å². The summed E-state index contributed by atoms with van der Waals surface area (Å²) in [5.41, 5.74) is 6.26. The normalized spacial score (nSPS) is 11.3. The molecular weight excluding hydrogens is 326 g/mol. The molecule has 0 aliphatic carbocycles. The summed E-state index contributed by atoms with van der Waals surface area (Å²) in [5, 5.41) is 13.2. The molecule has 0 unspecified atom stereocenters. The highest BCUT2D eigenvalue weighted by atomic mass is 16.5. The minimum absolute atomic E-state index is 0.538. The SMILES string of the molecule is Cn1ccc2cc(CCNCc3ccc(/C=C/C(=O)NO)cc3)ccc21. The summed E-state index contributed by atoms with van der Waals surface area (Å²) in [6.45, 7) is 1.71. The average Bonchev–Trinajstić information content (AvgIpc) is 3.04. The zero-order valence-corrected chi connectivity index (χ0v) is 14.8. The van der Waals surface area contributed by atoms with E-state index in [0.29, 0.717) is 0 Å². The van der Waals surface area contributed by atoms with Crippen LogP contribution in [-0.2, 0) is 24.8 Å². The summed E-state index contributed by atoms with van der Waals surface area (Å²) >= 11 is 0. The molecule has 0 radical (unpaired) electrons. The number of carbonyl (C=O) groups excluding carboxylic acids is 1. The van der Waals surface area contributed by atoms with Gasteiger partial charge in [-0.15, -0.1) is 0 Å². The van der Waals surface area contributed by atoms with Crippen LogP contribution in [0.15, 0.2) is 60.8 Å². The maximum atomic E-state index is 11.0. The van der Waals surface area contributed by atoms with Crippen LogP contribution in [0.1, 0.15) is 16.7 Å². The summed E-state index contributed by atoms with van der Waals surface area (Å²) < 4.78 is 2.13. The van der Waals surface area contributed by atoms with Crippen molar-refractivity contribution in [3.8, 4) is 0 Å². The average molecular weight is 349 g/mol. The second kappa shape index (κ2) is 8.47. The van der Waals surface area contributed by atoms with E-state index in [1.54, 1.807) is 11.6 Å². The van der Waals surface area contributed by atoms with Crippen molar-refractivity contribution in [3.63, 3.8) is 0 Å². The number of hydrogen-bond acceptors (Lipinski definition) is 3. The number of aromatic nitrogens is 1. The number of nitrogens with zero attached hydrogens (tertiary/aromatic N) is 1. The molecule has 0 saturated heterocycles. The zero-order chi connectivity index (χ0) is 18.4. The number of carbonyl (C=O) groups is 1. The van der Waals surface area contributed by atoms with E-state index in [4.69, 9.17) is 5.21 Å². The van der Waals surface area contributed by atoms with Crippen molar-refractivity contribution >= 4 is 22.9 Å². The van der Waals surface area contributed by atoms with Gasteiger partial charge in [-0.3, -0.25) is 10.0 Å². The quantitative estimate of drug-likeness (QED) is 0.266. The van der Waals surface area contributed by atoms with Gasteiger partial charge in [0, 0.05) is 31.4 Å². The molecule has 3 N–H and O–H groups in total. The van der Waals surface area contributed by atoms with Crippen molar-refractivity contribution in [2.24, 2.45) is 7.05 Å². The lowest BCUT2D eigenvalue weighted by atomic mass is 10.1. The van der Waals surface area contributed by atoms with Gasteiger partial charge < -0.3 is 9.88 Å². The second-order valence-corrected chi connectivity index (χ2v) is 6.30. The Kier molecular flexibility index (Phi) is 5.84. The molecule has 0 atom stereocenters. The Balaban J connectivity index is 1.46. The number of hydroxylamine groups is 1. The standard InChI is InChI=1S/C21H23N3O2/c1-24-13-11-19-14-17(6-8-20(19)24)10-12-22-15-18-4-2-16(3-5-18)7-9-21(25)23-26/h2-9,11,13-14,22,26H,10,12,15H2,1H3,(H,23,25)/b9-7+. The molecule has 0 aliphatic rings. The summed E-state index contributed by atoms with van der Waals surface area (Å²) in [6, 6.07) is 16.7. The Morgan fingerprint density at radius 2 is 1.88 bits per heavy atom. The fraction of sp³-hybridized carbons (Fsp3) is 0.190. The number of amides is 1. The van der Waals surface area contributed by atoms with Crippen molar-refractivity contribution < 1.29 is 10.0 Å². The lowest BCUT2D eigenvalue weighted by molar-refractivity contribution is -0.124. The molecule has 0 fully saturated rings. The second-order valence-electron chi connectivity index (χ2n) is 6.30. The lowest BCUT2D eigenvalue weighted by Gasteiger charge is -2.06. The van der Waals surface area contributed by atoms with Crippen molar-refractivity contribution in [1.29, 1.82) is 0 Å². The Morgan fingerprint density at radius 1 is 1.12 bits per heavy atom. The highest BCUT2D eigenvalue weighted by molar-refractivity contribution is 5.90. The van der Waals surface area contributed by atoms with Crippen LogP contribution in [-0.4, -0.2) is 22.2 Å². The lowest BCUT2D eigenvalue weighted by Crippen LogP contribution is -2.16. The van der Waals surface area contributed by atoms with Crippen LogP contribution in [0.2, 0.25) is 0 Å². The van der Waals surface area contributed by atoms with Crippen molar-refractivity contribution in [1.82, 2.24) is 15.4 Å². The first-order chi connectivity index (χ1) is 12.7. The van der Waals surface area contributed by atoms with E-state index < -0.39 is 5.91 Å². The third-order valence-electron chi connectivity index (χ3n) is 4.39. The molecule has 3 aromatic rings. The van der Waals surface area contributed by atoms with Crippen LogP contribution in [0, 0.1) is 0 Å². The number of aryl methyl sites for hydroxylation is 1. The first kappa shape index (κ1) is 17.9. The van der Waals surface area contributed by atoms with Gasteiger partial charge in [0.2, 0.25) is 0 Å². The van der Waals surface area contributed by atoms with Crippen LogP contribution in [0.25, 0.3) is 17.0 Å². The van der Waals surface area contributed by atoms with E-state index in [1.165, 1.54) is 28.1 Å². The number of fused-ring (bicyclic) bond motifs is 1. The third-order valence-corrected chi connectivity index (χ3v) is 4.39. The molecule has 1 heterocycles. The van der Waals surface area contributed by atoms with Crippen LogP contribution in [0.5, 0.6) is 0 Å². The van der Waals surface area contributed by atoms with E-state index in [-0.39, 0.29) is 0 Å². The predicted molar refractivity (Wildman–Crippen MR) is 104 cm³/mol. The molecule has 2 aromatic carbocycles. The molecule has 0 aliphatic heterocycles. The van der Waals surface area contributed by atoms with Gasteiger partial charge in [0.25, 0.3) is 5.91 Å². The topological polar surface area (TPSA) is 66.3 Å². The summed E-state index contributed by atoms with van der Waals surface area (Å²) in [6.07, 6.45) is 6.02. The molecule has 0 spiro atoms. The van der Waals surface area contributed by atoms with E-state index in [1.807, 2.05) is 24.3 Å². The highest BCUT2D eigenvalue weighted by Gasteiger charge is 2.00.